The highest BCUT2D eigenvalue weighted by atomic mass is 32.1. The second kappa shape index (κ2) is 6.25. The number of H-pyrrole nitrogens is 1. The fraction of sp³-hybridized carbons (Fsp3) is 0.800. The summed E-state index contributed by atoms with van der Waals surface area (Å²) in [6, 6.07) is 0. The molecule has 1 aliphatic rings. The maximum absolute atomic E-state index is 5.58. The first kappa shape index (κ1) is 12.7. The third-order valence-corrected chi connectivity index (χ3v) is 3.22. The lowest BCUT2D eigenvalue weighted by Crippen LogP contribution is -2.38. The van der Waals surface area contributed by atoms with Gasteiger partial charge in [-0.25, -0.2) is 0 Å². The summed E-state index contributed by atoms with van der Waals surface area (Å²) in [4.78, 5) is 2.34. The molecule has 96 valence electrons. The minimum Gasteiger partial charge on any atom is -0.379 e. The lowest BCUT2D eigenvalue weighted by molar-refractivity contribution is 0.0170. The molecule has 1 saturated heterocycles. The van der Waals surface area contributed by atoms with E-state index in [4.69, 9.17) is 21.7 Å². The molecule has 0 unspecified atom stereocenters. The van der Waals surface area contributed by atoms with Gasteiger partial charge in [-0.3, -0.25) is 10.00 Å². The van der Waals surface area contributed by atoms with Gasteiger partial charge in [0, 0.05) is 26.7 Å². The molecule has 17 heavy (non-hydrogen) atoms. The Balaban J connectivity index is 1.66. The summed E-state index contributed by atoms with van der Waals surface area (Å²) in [5.74, 6) is 0.831. The zero-order valence-electron chi connectivity index (χ0n) is 10.0. The fourth-order valence-corrected chi connectivity index (χ4v) is 1.84. The highest BCUT2D eigenvalue weighted by Crippen LogP contribution is 1.99. The normalized spacial score (nSPS) is 17.5. The molecule has 0 saturated carbocycles. The Kier molecular flexibility index (Phi) is 4.66. The van der Waals surface area contributed by atoms with Gasteiger partial charge in [-0.2, -0.15) is 5.10 Å². The molecule has 0 aliphatic carbocycles. The summed E-state index contributed by atoms with van der Waals surface area (Å²) >= 11 is 5.02. The summed E-state index contributed by atoms with van der Waals surface area (Å²) in [7, 11) is 1.88. The first-order valence-electron chi connectivity index (χ1n) is 5.75. The molecular weight excluding hydrogens is 240 g/mol. The van der Waals surface area contributed by atoms with E-state index in [9.17, 15) is 0 Å². The van der Waals surface area contributed by atoms with Crippen LogP contribution in [0.2, 0.25) is 0 Å². The van der Waals surface area contributed by atoms with Gasteiger partial charge in [-0.05, 0) is 12.2 Å². The number of morpholine rings is 1. The number of aromatic amines is 1. The third kappa shape index (κ3) is 3.60. The van der Waals surface area contributed by atoms with Crippen LogP contribution in [-0.4, -0.2) is 59.1 Å². The number of aromatic nitrogens is 3. The zero-order chi connectivity index (χ0) is 12.1. The Morgan fingerprint density at radius 2 is 2.24 bits per heavy atom. The number of rotatable bonds is 5. The van der Waals surface area contributed by atoms with Crippen LogP contribution in [0.25, 0.3) is 0 Å². The molecule has 1 fully saturated rings. The molecule has 1 aliphatic heterocycles. The largest absolute Gasteiger partial charge is 0.379 e. The summed E-state index contributed by atoms with van der Waals surface area (Å²) in [5.41, 5.74) is 0. The van der Waals surface area contributed by atoms with E-state index >= 15 is 0 Å². The van der Waals surface area contributed by atoms with Crippen LogP contribution in [-0.2, 0) is 23.1 Å². The highest BCUT2D eigenvalue weighted by molar-refractivity contribution is 7.71. The van der Waals surface area contributed by atoms with Crippen LogP contribution in [0.5, 0.6) is 0 Å². The average molecular weight is 258 g/mol. The van der Waals surface area contributed by atoms with Crippen LogP contribution in [0.1, 0.15) is 5.82 Å². The van der Waals surface area contributed by atoms with E-state index in [0.717, 1.165) is 38.7 Å². The molecule has 0 radical (unpaired) electrons. The molecule has 1 aromatic rings. The second-order valence-electron chi connectivity index (χ2n) is 4.01. The Bertz CT molecular complexity index is 397. The van der Waals surface area contributed by atoms with Crippen molar-refractivity contribution in [2.45, 2.75) is 6.61 Å². The summed E-state index contributed by atoms with van der Waals surface area (Å²) < 4.78 is 13.3. The Hall–Kier alpha value is -0.760. The molecule has 1 N–H and O–H groups in total. The van der Waals surface area contributed by atoms with Crippen LogP contribution in [0, 0.1) is 4.77 Å². The average Bonchev–Trinajstić information content (AvgIpc) is 2.67. The first-order chi connectivity index (χ1) is 8.27. The van der Waals surface area contributed by atoms with Crippen LogP contribution in [0.15, 0.2) is 0 Å². The van der Waals surface area contributed by atoms with Gasteiger partial charge in [-0.15, -0.1) is 0 Å². The van der Waals surface area contributed by atoms with Gasteiger partial charge in [0.1, 0.15) is 6.61 Å². The maximum atomic E-state index is 5.58. The molecule has 0 amide bonds. The van der Waals surface area contributed by atoms with Crippen molar-refractivity contribution < 1.29 is 9.47 Å². The smallest absolute Gasteiger partial charge is 0.194 e. The predicted octanol–water partition coefficient (Wildman–Crippen LogP) is 0.326. The first-order valence-corrected chi connectivity index (χ1v) is 6.16. The standard InChI is InChI=1S/C10H18N4O2S/c1-13-9(11-12-10(13)17)8-16-7-4-14-2-5-15-6-3-14/h2-8H2,1H3,(H,12,17). The van der Waals surface area contributed by atoms with E-state index in [0.29, 0.717) is 18.0 Å². The van der Waals surface area contributed by atoms with Gasteiger partial charge in [0.05, 0.1) is 19.8 Å². The van der Waals surface area contributed by atoms with Crippen molar-refractivity contribution in [1.29, 1.82) is 0 Å². The SMILES string of the molecule is Cn1c(COCCN2CCOCC2)n[nH]c1=S. The van der Waals surface area contributed by atoms with Gasteiger partial charge in [0.15, 0.2) is 10.6 Å². The molecule has 0 bridgehead atoms. The number of nitrogens with zero attached hydrogens (tertiary/aromatic N) is 3. The third-order valence-electron chi connectivity index (χ3n) is 2.86. The van der Waals surface area contributed by atoms with E-state index in [1.54, 1.807) is 0 Å². The molecule has 6 nitrogen and oxygen atoms in total. The Morgan fingerprint density at radius 1 is 1.47 bits per heavy atom. The van der Waals surface area contributed by atoms with Crippen molar-refractivity contribution in [3.05, 3.63) is 10.6 Å². The summed E-state index contributed by atoms with van der Waals surface area (Å²) in [5, 5.41) is 6.82. The predicted molar refractivity (Wildman–Crippen MR) is 65.3 cm³/mol. The van der Waals surface area contributed by atoms with Crippen LogP contribution < -0.4 is 0 Å². The number of ether oxygens (including phenoxy) is 2. The Labute approximate surface area is 106 Å². The molecular formula is C10H18N4O2S. The zero-order valence-corrected chi connectivity index (χ0v) is 10.8. The number of hydrogen-bond acceptors (Lipinski definition) is 5. The summed E-state index contributed by atoms with van der Waals surface area (Å²) in [6.07, 6.45) is 0. The topological polar surface area (TPSA) is 55.3 Å². The summed E-state index contributed by atoms with van der Waals surface area (Å²) in [6.45, 7) is 5.79. The maximum Gasteiger partial charge on any atom is 0.194 e. The van der Waals surface area contributed by atoms with E-state index in [1.807, 2.05) is 11.6 Å². The van der Waals surface area contributed by atoms with E-state index < -0.39 is 0 Å². The second-order valence-corrected chi connectivity index (χ2v) is 4.40. The minimum atomic E-state index is 0.494. The van der Waals surface area contributed by atoms with E-state index in [-0.39, 0.29) is 0 Å². The molecule has 0 atom stereocenters. The highest BCUT2D eigenvalue weighted by Gasteiger charge is 2.09. The lowest BCUT2D eigenvalue weighted by atomic mass is 10.4. The van der Waals surface area contributed by atoms with Crippen LogP contribution >= 0.6 is 12.2 Å². The van der Waals surface area contributed by atoms with Crippen molar-refractivity contribution in [2.75, 3.05) is 39.5 Å². The molecule has 0 aromatic carbocycles. The fourth-order valence-electron chi connectivity index (χ4n) is 1.69. The number of nitrogens with one attached hydrogen (secondary N) is 1. The van der Waals surface area contributed by atoms with E-state index in [1.165, 1.54) is 0 Å². The van der Waals surface area contributed by atoms with Crippen LogP contribution in [0.4, 0.5) is 0 Å². The van der Waals surface area contributed by atoms with Gasteiger partial charge in [0.25, 0.3) is 0 Å². The molecule has 2 rings (SSSR count). The number of hydrogen-bond donors (Lipinski definition) is 1. The lowest BCUT2D eigenvalue weighted by Gasteiger charge is -2.26. The van der Waals surface area contributed by atoms with Crippen molar-refractivity contribution in [3.8, 4) is 0 Å². The van der Waals surface area contributed by atoms with Crippen molar-refractivity contribution in [3.63, 3.8) is 0 Å². The van der Waals surface area contributed by atoms with E-state index in [2.05, 4.69) is 15.1 Å². The van der Waals surface area contributed by atoms with Crippen LogP contribution in [0.3, 0.4) is 0 Å². The molecule has 1 aromatic heterocycles. The quantitative estimate of drug-likeness (QED) is 0.609. The monoisotopic (exact) mass is 258 g/mol. The van der Waals surface area contributed by atoms with Crippen molar-refractivity contribution >= 4 is 12.2 Å². The molecule has 0 spiro atoms. The van der Waals surface area contributed by atoms with Crippen molar-refractivity contribution in [2.24, 2.45) is 7.05 Å². The molecule has 7 heteroatoms. The molecule has 2 heterocycles. The van der Waals surface area contributed by atoms with Gasteiger partial charge in [0.2, 0.25) is 0 Å². The van der Waals surface area contributed by atoms with Gasteiger partial charge >= 0.3 is 0 Å². The van der Waals surface area contributed by atoms with Gasteiger partial charge in [-0.1, -0.05) is 0 Å². The Morgan fingerprint density at radius 3 is 2.88 bits per heavy atom. The minimum absolute atomic E-state index is 0.494. The van der Waals surface area contributed by atoms with Crippen molar-refractivity contribution in [1.82, 2.24) is 19.7 Å². The van der Waals surface area contributed by atoms with Gasteiger partial charge < -0.3 is 14.0 Å².